The predicted octanol–water partition coefficient (Wildman–Crippen LogP) is -0.904. The maximum Gasteiger partial charge on any atom is 0.235 e. The third kappa shape index (κ3) is 3.99. The van der Waals surface area contributed by atoms with Gasteiger partial charge in [-0.3, -0.25) is 33.8 Å². The molecule has 3 aliphatic carbocycles. The summed E-state index contributed by atoms with van der Waals surface area (Å²) in [6.07, 6.45) is 0.996. The van der Waals surface area contributed by atoms with Crippen molar-refractivity contribution in [3.05, 3.63) is 22.8 Å². The van der Waals surface area contributed by atoms with E-state index in [1.54, 1.807) is 14.1 Å². The second-order valence-electron chi connectivity index (χ2n) is 11.7. The average molecular weight is 558 g/mol. The molecule has 1 aromatic carbocycles. The molecular formula is C28H35N3O9. The van der Waals surface area contributed by atoms with Crippen LogP contribution in [-0.4, -0.2) is 108 Å². The number of methoxy groups -OCH3 is 1. The van der Waals surface area contributed by atoms with Crippen LogP contribution in [0.2, 0.25) is 0 Å². The number of hydrogen-bond donors (Lipinski definition) is 3. The lowest BCUT2D eigenvalue weighted by atomic mass is 9.52. The number of aromatic hydroxyl groups is 1. The fraction of sp³-hybridized carbons (Fsp3) is 0.607. The van der Waals surface area contributed by atoms with Crippen molar-refractivity contribution < 1.29 is 43.7 Å². The van der Waals surface area contributed by atoms with Gasteiger partial charge in [0.1, 0.15) is 11.5 Å². The van der Waals surface area contributed by atoms with Crippen molar-refractivity contribution in [2.45, 2.75) is 43.5 Å². The molecule has 0 spiro atoms. The Bertz CT molecular complexity index is 1300. The highest BCUT2D eigenvalue weighted by Crippen LogP contribution is 2.52. The molecule has 0 bridgehead atoms. The summed E-state index contributed by atoms with van der Waals surface area (Å²) >= 11 is 0. The van der Waals surface area contributed by atoms with Gasteiger partial charge >= 0.3 is 0 Å². The Hall–Kier alpha value is -3.19. The number of primary amides is 1. The van der Waals surface area contributed by atoms with E-state index < -0.39 is 64.4 Å². The van der Waals surface area contributed by atoms with Gasteiger partial charge in [-0.2, -0.15) is 0 Å². The van der Waals surface area contributed by atoms with E-state index in [4.69, 9.17) is 15.2 Å². The maximum atomic E-state index is 13.9. The molecule has 1 aromatic rings. The lowest BCUT2D eigenvalue weighted by Gasteiger charge is -2.52. The van der Waals surface area contributed by atoms with E-state index in [-0.39, 0.29) is 30.2 Å². The Morgan fingerprint density at radius 2 is 1.90 bits per heavy atom. The van der Waals surface area contributed by atoms with Crippen LogP contribution in [-0.2, 0) is 36.9 Å². The lowest BCUT2D eigenvalue weighted by molar-refractivity contribution is -0.181. The molecule has 1 amide bonds. The first-order chi connectivity index (χ1) is 18.8. The van der Waals surface area contributed by atoms with E-state index >= 15 is 0 Å². The van der Waals surface area contributed by atoms with Crippen LogP contribution < -0.4 is 10.5 Å². The number of likely N-dealkylation sites (N-methyl/N-ethyl adjacent to an activating group) is 2. The van der Waals surface area contributed by atoms with Crippen molar-refractivity contribution in [3.8, 4) is 11.5 Å². The summed E-state index contributed by atoms with van der Waals surface area (Å²) in [4.78, 5) is 70.0. The monoisotopic (exact) mass is 557 g/mol. The third-order valence-electron chi connectivity index (χ3n) is 9.24. The molecule has 0 radical (unpaired) electrons. The molecule has 5 rings (SSSR count). The van der Waals surface area contributed by atoms with Gasteiger partial charge in [0.2, 0.25) is 5.91 Å². The topological polar surface area (TPSA) is 177 Å². The number of ketones is 4. The number of nitrogens with two attached hydrogens (primary N) is 1. The SMILES string of the molecule is COc1c(CN(C)[C@@H]2CCOC2)cc(O)c2c1C[C@H]1C[C@H]3[C@H](N(C)C)C(=O)C(C(N)=O)C(=O)[C@@]3(O)C(=O)C1C2=O. The summed E-state index contributed by atoms with van der Waals surface area (Å²) in [5.41, 5.74) is 3.63. The van der Waals surface area contributed by atoms with Gasteiger partial charge < -0.3 is 25.4 Å². The number of amides is 1. The Morgan fingerprint density at radius 1 is 1.20 bits per heavy atom. The van der Waals surface area contributed by atoms with E-state index in [0.29, 0.717) is 36.6 Å². The number of ether oxygens (including phenoxy) is 2. The summed E-state index contributed by atoms with van der Waals surface area (Å²) in [6.45, 7) is 1.67. The molecule has 12 nitrogen and oxygen atoms in total. The van der Waals surface area contributed by atoms with E-state index in [0.717, 1.165) is 6.42 Å². The van der Waals surface area contributed by atoms with Crippen LogP contribution in [0.1, 0.15) is 34.3 Å². The first-order valence-corrected chi connectivity index (χ1v) is 13.4. The molecule has 4 N–H and O–H groups in total. The van der Waals surface area contributed by atoms with Crippen molar-refractivity contribution in [2.24, 2.45) is 29.4 Å². The Kier molecular flexibility index (Phi) is 7.10. The van der Waals surface area contributed by atoms with Gasteiger partial charge in [0.15, 0.2) is 34.7 Å². The second kappa shape index (κ2) is 10.0. The minimum atomic E-state index is -2.75. The van der Waals surface area contributed by atoms with Crippen LogP contribution in [0, 0.1) is 23.7 Å². The number of aliphatic hydroxyl groups is 1. The number of phenolic OH excluding ortho intramolecular Hbond substituents is 1. The molecule has 3 fully saturated rings. The van der Waals surface area contributed by atoms with Crippen molar-refractivity contribution >= 4 is 29.0 Å². The van der Waals surface area contributed by atoms with Gasteiger partial charge in [0, 0.05) is 36.2 Å². The molecule has 2 unspecified atom stereocenters. The van der Waals surface area contributed by atoms with Crippen molar-refractivity contribution in [2.75, 3.05) is 41.5 Å². The standard InChI is InChI=1S/C28H35N3O9/c1-30(2)21-16-8-12-7-15-19(17(32)9-13(24(15)39-4)10-31(3)14-5-6-40-11-14)22(33)18(12)25(35)28(16,38)26(36)20(23(21)34)27(29)37/h9,12,14,16,18,20-21,32,38H,5-8,10-11H2,1-4H3,(H2,29,37)/t12-,14+,16-,18?,20?,21-,28-/m0/s1. The molecule has 2 saturated carbocycles. The maximum absolute atomic E-state index is 13.9. The molecule has 1 aliphatic heterocycles. The molecule has 4 aliphatic rings. The number of nitrogens with zero attached hydrogens (tertiary/aromatic N) is 2. The summed E-state index contributed by atoms with van der Waals surface area (Å²) in [6, 6.07) is 0.490. The van der Waals surface area contributed by atoms with Crippen LogP contribution in [0.3, 0.4) is 0 Å². The third-order valence-corrected chi connectivity index (χ3v) is 9.24. The van der Waals surface area contributed by atoms with Crippen LogP contribution in [0.4, 0.5) is 0 Å². The van der Waals surface area contributed by atoms with Crippen LogP contribution >= 0.6 is 0 Å². The number of carbonyl (C=O) groups excluding carboxylic acids is 5. The number of hydrogen-bond acceptors (Lipinski definition) is 11. The van der Waals surface area contributed by atoms with Crippen molar-refractivity contribution in [3.63, 3.8) is 0 Å². The molecule has 1 heterocycles. The zero-order valence-corrected chi connectivity index (χ0v) is 23.0. The Morgan fingerprint density at radius 3 is 2.48 bits per heavy atom. The molecule has 216 valence electrons. The number of benzene rings is 1. The largest absolute Gasteiger partial charge is 0.507 e. The molecule has 1 saturated heterocycles. The Balaban J connectivity index is 1.58. The summed E-state index contributed by atoms with van der Waals surface area (Å²) in [5, 5.41) is 22.7. The van der Waals surface area contributed by atoms with Crippen molar-refractivity contribution in [1.29, 1.82) is 0 Å². The highest BCUT2D eigenvalue weighted by atomic mass is 16.5. The number of rotatable bonds is 6. The normalized spacial score (nSPS) is 33.7. The van der Waals surface area contributed by atoms with Crippen LogP contribution in [0.5, 0.6) is 11.5 Å². The summed E-state index contributed by atoms with van der Waals surface area (Å²) < 4.78 is 11.2. The lowest BCUT2D eigenvalue weighted by Crippen LogP contribution is -2.74. The van der Waals surface area contributed by atoms with Gasteiger partial charge in [-0.05, 0) is 52.4 Å². The average Bonchev–Trinajstić information content (AvgIpc) is 3.41. The molecule has 7 atom stereocenters. The highest BCUT2D eigenvalue weighted by Gasteiger charge is 2.69. The molecule has 40 heavy (non-hydrogen) atoms. The van der Waals surface area contributed by atoms with Gasteiger partial charge in [0.25, 0.3) is 0 Å². The van der Waals surface area contributed by atoms with Gasteiger partial charge in [0.05, 0.1) is 31.2 Å². The fourth-order valence-corrected chi connectivity index (χ4v) is 7.36. The highest BCUT2D eigenvalue weighted by molar-refractivity contribution is 6.32. The first kappa shape index (κ1) is 28.3. The number of Topliss-reactive ketones (excluding diaryl/α,β-unsaturated/α-hetero) is 4. The van der Waals surface area contributed by atoms with E-state index in [9.17, 15) is 34.2 Å². The second-order valence-corrected chi connectivity index (χ2v) is 11.7. The summed E-state index contributed by atoms with van der Waals surface area (Å²) in [7, 11) is 6.51. The van der Waals surface area contributed by atoms with E-state index in [1.807, 2.05) is 7.05 Å². The van der Waals surface area contributed by atoms with Gasteiger partial charge in [-0.1, -0.05) is 0 Å². The predicted molar refractivity (Wildman–Crippen MR) is 139 cm³/mol. The Labute approximate surface area is 231 Å². The van der Waals surface area contributed by atoms with Gasteiger partial charge in [-0.15, -0.1) is 0 Å². The fourth-order valence-electron chi connectivity index (χ4n) is 7.36. The van der Waals surface area contributed by atoms with Gasteiger partial charge in [-0.25, -0.2) is 0 Å². The molecule has 12 heteroatoms. The minimum absolute atomic E-state index is 0.0165. The van der Waals surface area contributed by atoms with E-state index in [1.165, 1.54) is 18.1 Å². The molecule has 0 aromatic heterocycles. The minimum Gasteiger partial charge on any atom is -0.507 e. The zero-order valence-electron chi connectivity index (χ0n) is 23.0. The van der Waals surface area contributed by atoms with Crippen molar-refractivity contribution in [1.82, 2.24) is 9.80 Å². The zero-order chi connectivity index (χ0) is 29.3. The number of phenols is 1. The van der Waals surface area contributed by atoms with Crippen LogP contribution in [0.25, 0.3) is 0 Å². The smallest absolute Gasteiger partial charge is 0.235 e. The first-order valence-electron chi connectivity index (χ1n) is 13.4. The number of carbonyl (C=O) groups is 5. The summed E-state index contributed by atoms with van der Waals surface area (Å²) in [5.74, 6) is -10.3. The van der Waals surface area contributed by atoms with E-state index in [2.05, 4.69) is 4.90 Å². The van der Waals surface area contributed by atoms with Crippen LogP contribution in [0.15, 0.2) is 6.07 Å². The molecular weight excluding hydrogens is 522 g/mol. The quantitative estimate of drug-likeness (QED) is 0.369. The number of fused-ring (bicyclic) bond motifs is 3.